The number of hydrogen-bond acceptors (Lipinski definition) is 3. The van der Waals surface area contributed by atoms with E-state index in [4.69, 9.17) is 0 Å². The van der Waals surface area contributed by atoms with Gasteiger partial charge in [0.2, 0.25) is 5.91 Å². The van der Waals surface area contributed by atoms with Crippen molar-refractivity contribution in [1.29, 1.82) is 0 Å². The van der Waals surface area contributed by atoms with Crippen molar-refractivity contribution in [2.24, 2.45) is 0 Å². The molecule has 0 saturated carbocycles. The van der Waals surface area contributed by atoms with E-state index in [9.17, 15) is 4.79 Å². The van der Waals surface area contributed by atoms with E-state index < -0.39 is 0 Å². The molecule has 0 saturated heterocycles. The second-order valence-corrected chi connectivity index (χ2v) is 5.33. The van der Waals surface area contributed by atoms with Gasteiger partial charge in [0.1, 0.15) is 5.82 Å². The molecule has 0 bridgehead atoms. The molecule has 3 aromatic rings. The van der Waals surface area contributed by atoms with Gasteiger partial charge in [0.15, 0.2) is 0 Å². The number of nitrogens with zero attached hydrogens (tertiary/aromatic N) is 3. The smallest absolute Gasteiger partial charge is 0.224 e. The standard InChI is InChI=1S/C18H18N4O/c1-14-20-9-10-22(14)17-6-4-15(5-7-17)13-21-18(23)11-16-3-2-8-19-12-16/h2-10,12H,11,13H2,1H3,(H,21,23). The Bertz CT molecular complexity index is 778. The number of imidazole rings is 1. The fourth-order valence-corrected chi connectivity index (χ4v) is 2.38. The number of carbonyl (C=O) groups excluding carboxylic acids is 1. The van der Waals surface area contributed by atoms with Crippen LogP contribution in [0, 0.1) is 6.92 Å². The highest BCUT2D eigenvalue weighted by molar-refractivity contribution is 5.78. The third-order valence-corrected chi connectivity index (χ3v) is 3.62. The summed E-state index contributed by atoms with van der Waals surface area (Å²) < 4.78 is 2.02. The van der Waals surface area contributed by atoms with Crippen molar-refractivity contribution >= 4 is 5.91 Å². The molecule has 2 heterocycles. The summed E-state index contributed by atoms with van der Waals surface area (Å²) in [4.78, 5) is 20.2. The molecule has 5 heteroatoms. The lowest BCUT2D eigenvalue weighted by molar-refractivity contribution is -0.120. The molecular formula is C18H18N4O. The summed E-state index contributed by atoms with van der Waals surface area (Å²) in [5, 5.41) is 2.93. The van der Waals surface area contributed by atoms with Crippen LogP contribution < -0.4 is 5.32 Å². The number of amides is 1. The molecule has 0 spiro atoms. The van der Waals surface area contributed by atoms with E-state index in [0.717, 1.165) is 22.6 Å². The Morgan fingerprint density at radius 1 is 1.13 bits per heavy atom. The fourth-order valence-electron chi connectivity index (χ4n) is 2.38. The van der Waals surface area contributed by atoms with Gasteiger partial charge in [0.25, 0.3) is 0 Å². The molecule has 1 N–H and O–H groups in total. The Kier molecular flexibility index (Phi) is 4.47. The SMILES string of the molecule is Cc1nccn1-c1ccc(CNC(=O)Cc2cccnc2)cc1. The van der Waals surface area contributed by atoms with Gasteiger partial charge in [-0.3, -0.25) is 9.78 Å². The lowest BCUT2D eigenvalue weighted by Crippen LogP contribution is -2.24. The Morgan fingerprint density at radius 2 is 1.96 bits per heavy atom. The van der Waals surface area contributed by atoms with Gasteiger partial charge in [0, 0.05) is 37.0 Å². The minimum absolute atomic E-state index is 0.00692. The van der Waals surface area contributed by atoms with E-state index in [1.165, 1.54) is 0 Å². The number of pyridine rings is 1. The molecule has 116 valence electrons. The highest BCUT2D eigenvalue weighted by atomic mass is 16.1. The summed E-state index contributed by atoms with van der Waals surface area (Å²) in [7, 11) is 0. The average molecular weight is 306 g/mol. The second kappa shape index (κ2) is 6.87. The maximum absolute atomic E-state index is 11.9. The molecule has 0 fully saturated rings. The van der Waals surface area contributed by atoms with Crippen molar-refractivity contribution in [1.82, 2.24) is 19.9 Å². The van der Waals surface area contributed by atoms with Crippen LogP contribution in [0.5, 0.6) is 0 Å². The van der Waals surface area contributed by atoms with Crippen LogP contribution in [-0.4, -0.2) is 20.4 Å². The van der Waals surface area contributed by atoms with E-state index in [1.54, 1.807) is 18.6 Å². The van der Waals surface area contributed by atoms with Crippen molar-refractivity contribution in [2.75, 3.05) is 0 Å². The van der Waals surface area contributed by atoms with E-state index in [2.05, 4.69) is 15.3 Å². The van der Waals surface area contributed by atoms with E-state index in [1.807, 2.05) is 54.1 Å². The largest absolute Gasteiger partial charge is 0.352 e. The minimum atomic E-state index is -0.00692. The first kappa shape index (κ1) is 15.0. The summed E-state index contributed by atoms with van der Waals surface area (Å²) in [5.74, 6) is 0.940. The minimum Gasteiger partial charge on any atom is -0.352 e. The molecule has 0 aliphatic rings. The maximum Gasteiger partial charge on any atom is 0.224 e. The predicted octanol–water partition coefficient (Wildman–Crippen LogP) is 2.43. The third kappa shape index (κ3) is 3.83. The van der Waals surface area contributed by atoms with Gasteiger partial charge < -0.3 is 9.88 Å². The monoisotopic (exact) mass is 306 g/mol. The van der Waals surface area contributed by atoms with Gasteiger partial charge in [-0.25, -0.2) is 4.98 Å². The number of rotatable bonds is 5. The van der Waals surface area contributed by atoms with Crippen LogP contribution in [-0.2, 0) is 17.8 Å². The Morgan fingerprint density at radius 3 is 2.61 bits per heavy atom. The second-order valence-electron chi connectivity index (χ2n) is 5.33. The van der Waals surface area contributed by atoms with E-state index >= 15 is 0 Å². The van der Waals surface area contributed by atoms with Crippen LogP contribution in [0.3, 0.4) is 0 Å². The summed E-state index contributed by atoms with van der Waals surface area (Å²) in [6.07, 6.45) is 7.47. The summed E-state index contributed by atoms with van der Waals surface area (Å²) in [6.45, 7) is 2.48. The molecule has 0 unspecified atom stereocenters. The molecular weight excluding hydrogens is 288 g/mol. The lowest BCUT2D eigenvalue weighted by Gasteiger charge is -2.08. The van der Waals surface area contributed by atoms with Crippen LogP contribution in [0.4, 0.5) is 0 Å². The van der Waals surface area contributed by atoms with Gasteiger partial charge in [-0.2, -0.15) is 0 Å². The number of nitrogens with one attached hydrogen (secondary N) is 1. The van der Waals surface area contributed by atoms with Crippen molar-refractivity contribution in [3.63, 3.8) is 0 Å². The molecule has 0 radical (unpaired) electrons. The molecule has 0 atom stereocenters. The van der Waals surface area contributed by atoms with Crippen molar-refractivity contribution in [2.45, 2.75) is 19.9 Å². The van der Waals surface area contributed by atoms with E-state index in [-0.39, 0.29) is 5.91 Å². The van der Waals surface area contributed by atoms with Crippen LogP contribution in [0.15, 0.2) is 61.2 Å². The molecule has 1 amide bonds. The summed E-state index contributed by atoms with van der Waals surface area (Å²) >= 11 is 0. The number of aromatic nitrogens is 3. The van der Waals surface area contributed by atoms with Crippen molar-refractivity contribution < 1.29 is 4.79 Å². The van der Waals surface area contributed by atoms with Crippen molar-refractivity contribution in [3.8, 4) is 5.69 Å². The Labute approximate surface area is 135 Å². The van der Waals surface area contributed by atoms with Crippen LogP contribution in [0.1, 0.15) is 17.0 Å². The highest BCUT2D eigenvalue weighted by Crippen LogP contribution is 2.11. The van der Waals surface area contributed by atoms with Crippen LogP contribution >= 0.6 is 0 Å². The molecule has 0 aliphatic heterocycles. The Hall–Kier alpha value is -2.95. The Balaban J connectivity index is 1.56. The zero-order valence-corrected chi connectivity index (χ0v) is 12.9. The third-order valence-electron chi connectivity index (χ3n) is 3.62. The molecule has 1 aromatic carbocycles. The molecule has 0 aliphatic carbocycles. The predicted molar refractivity (Wildman–Crippen MR) is 88.1 cm³/mol. The first-order chi connectivity index (χ1) is 11.2. The van der Waals surface area contributed by atoms with Gasteiger partial charge in [-0.15, -0.1) is 0 Å². The zero-order chi connectivity index (χ0) is 16.1. The number of carbonyl (C=O) groups is 1. The molecule has 5 nitrogen and oxygen atoms in total. The number of hydrogen-bond donors (Lipinski definition) is 1. The van der Waals surface area contributed by atoms with Gasteiger partial charge in [-0.1, -0.05) is 18.2 Å². The van der Waals surface area contributed by atoms with Crippen LogP contribution in [0.2, 0.25) is 0 Å². The molecule has 2 aromatic heterocycles. The fraction of sp³-hybridized carbons (Fsp3) is 0.167. The first-order valence-electron chi connectivity index (χ1n) is 7.47. The number of aryl methyl sites for hydroxylation is 1. The number of benzene rings is 1. The molecule has 23 heavy (non-hydrogen) atoms. The first-order valence-corrected chi connectivity index (χ1v) is 7.47. The van der Waals surface area contributed by atoms with Gasteiger partial charge in [-0.05, 0) is 36.2 Å². The van der Waals surface area contributed by atoms with Gasteiger partial charge in [0.05, 0.1) is 6.42 Å². The zero-order valence-electron chi connectivity index (χ0n) is 12.9. The average Bonchev–Trinajstić information content (AvgIpc) is 3.00. The quantitative estimate of drug-likeness (QED) is 0.787. The van der Waals surface area contributed by atoms with Crippen LogP contribution in [0.25, 0.3) is 5.69 Å². The molecule has 3 rings (SSSR count). The lowest BCUT2D eigenvalue weighted by atomic mass is 10.2. The topological polar surface area (TPSA) is 59.8 Å². The maximum atomic E-state index is 11.9. The van der Waals surface area contributed by atoms with E-state index in [0.29, 0.717) is 13.0 Å². The summed E-state index contributed by atoms with van der Waals surface area (Å²) in [5.41, 5.74) is 3.03. The normalized spacial score (nSPS) is 10.5. The summed E-state index contributed by atoms with van der Waals surface area (Å²) in [6, 6.07) is 11.8. The van der Waals surface area contributed by atoms with Gasteiger partial charge >= 0.3 is 0 Å². The van der Waals surface area contributed by atoms with Crippen molar-refractivity contribution in [3.05, 3.63) is 78.1 Å². The highest BCUT2D eigenvalue weighted by Gasteiger charge is 2.04.